The van der Waals surface area contributed by atoms with Crippen LogP contribution in [0.3, 0.4) is 0 Å². The Morgan fingerprint density at radius 2 is 2.11 bits per heavy atom. The molecule has 2 N–H and O–H groups in total. The fourth-order valence-corrected chi connectivity index (χ4v) is 3.21. The van der Waals surface area contributed by atoms with E-state index in [2.05, 4.69) is 31.0 Å². The van der Waals surface area contributed by atoms with Crippen LogP contribution in [0.1, 0.15) is 27.2 Å². The highest BCUT2D eigenvalue weighted by Crippen LogP contribution is 2.22. The molecule has 1 aromatic rings. The molecule has 0 aliphatic carbocycles. The minimum atomic E-state index is -3.54. The molecule has 0 saturated carbocycles. The lowest BCUT2D eigenvalue weighted by atomic mass is 10.2. The van der Waals surface area contributed by atoms with Crippen molar-refractivity contribution < 1.29 is 8.42 Å². The molecule has 0 saturated heterocycles. The van der Waals surface area contributed by atoms with Gasteiger partial charge in [0, 0.05) is 23.8 Å². The third-order valence-corrected chi connectivity index (χ3v) is 4.20. The standard InChI is InChI=1S/C12H20BrN3O2S/c1-4-5-14-12-11(6-10(13)8-15-12)19(17,18)16-7-9(2)3/h6,8-9,16H,4-5,7H2,1-3H3,(H,14,15). The van der Waals surface area contributed by atoms with Crippen molar-refractivity contribution in [1.82, 2.24) is 9.71 Å². The highest BCUT2D eigenvalue weighted by Gasteiger charge is 2.20. The Hall–Kier alpha value is -0.660. The monoisotopic (exact) mass is 349 g/mol. The van der Waals surface area contributed by atoms with Gasteiger partial charge in [-0.3, -0.25) is 0 Å². The number of halogens is 1. The van der Waals surface area contributed by atoms with E-state index in [9.17, 15) is 8.42 Å². The van der Waals surface area contributed by atoms with E-state index in [1.807, 2.05) is 20.8 Å². The van der Waals surface area contributed by atoms with Crippen LogP contribution in [0.4, 0.5) is 5.82 Å². The van der Waals surface area contributed by atoms with Crippen molar-refractivity contribution in [3.63, 3.8) is 0 Å². The molecular weight excluding hydrogens is 330 g/mol. The summed E-state index contributed by atoms with van der Waals surface area (Å²) in [5, 5.41) is 3.03. The lowest BCUT2D eigenvalue weighted by molar-refractivity contribution is 0.560. The number of rotatable bonds is 7. The maximum absolute atomic E-state index is 12.3. The number of hydrogen-bond donors (Lipinski definition) is 2. The summed E-state index contributed by atoms with van der Waals surface area (Å²) in [6.45, 7) is 7.01. The second-order valence-electron chi connectivity index (χ2n) is 4.67. The van der Waals surface area contributed by atoms with Gasteiger partial charge in [-0.05, 0) is 34.3 Å². The van der Waals surface area contributed by atoms with Crippen LogP contribution in [0.2, 0.25) is 0 Å². The zero-order chi connectivity index (χ0) is 14.5. The summed E-state index contributed by atoms with van der Waals surface area (Å²) in [7, 11) is -3.54. The number of nitrogens with one attached hydrogen (secondary N) is 2. The summed E-state index contributed by atoms with van der Waals surface area (Å²) in [6.07, 6.45) is 2.48. The first-order valence-electron chi connectivity index (χ1n) is 6.26. The maximum atomic E-state index is 12.3. The number of hydrogen-bond acceptors (Lipinski definition) is 4. The Kier molecular flexibility index (Phi) is 6.22. The Labute approximate surface area is 123 Å². The molecule has 0 unspecified atom stereocenters. The number of aromatic nitrogens is 1. The number of sulfonamides is 1. The molecule has 0 amide bonds. The molecule has 0 aliphatic heterocycles. The van der Waals surface area contributed by atoms with Crippen molar-refractivity contribution >= 4 is 31.8 Å². The van der Waals surface area contributed by atoms with Gasteiger partial charge in [-0.15, -0.1) is 0 Å². The van der Waals surface area contributed by atoms with Crippen LogP contribution in [-0.4, -0.2) is 26.5 Å². The average Bonchev–Trinajstić information content (AvgIpc) is 2.35. The normalized spacial score (nSPS) is 11.8. The van der Waals surface area contributed by atoms with Gasteiger partial charge in [-0.25, -0.2) is 18.1 Å². The van der Waals surface area contributed by atoms with Crippen molar-refractivity contribution in [1.29, 1.82) is 0 Å². The van der Waals surface area contributed by atoms with Crippen LogP contribution < -0.4 is 10.0 Å². The molecular formula is C12H20BrN3O2S. The highest BCUT2D eigenvalue weighted by molar-refractivity contribution is 9.10. The first-order chi connectivity index (χ1) is 8.86. The van der Waals surface area contributed by atoms with E-state index in [0.29, 0.717) is 23.4 Å². The maximum Gasteiger partial charge on any atom is 0.244 e. The molecule has 0 aromatic carbocycles. The minimum Gasteiger partial charge on any atom is -0.369 e. The molecule has 1 rings (SSSR count). The van der Waals surface area contributed by atoms with Crippen molar-refractivity contribution in [2.45, 2.75) is 32.1 Å². The Morgan fingerprint density at radius 3 is 2.68 bits per heavy atom. The SMILES string of the molecule is CCCNc1ncc(Br)cc1S(=O)(=O)NCC(C)C. The largest absolute Gasteiger partial charge is 0.369 e. The van der Waals surface area contributed by atoms with Crippen LogP contribution >= 0.6 is 15.9 Å². The Morgan fingerprint density at radius 1 is 1.42 bits per heavy atom. The summed E-state index contributed by atoms with van der Waals surface area (Å²) in [5.74, 6) is 0.642. The summed E-state index contributed by atoms with van der Waals surface area (Å²) in [6, 6.07) is 1.56. The van der Waals surface area contributed by atoms with E-state index >= 15 is 0 Å². The first kappa shape index (κ1) is 16.4. The first-order valence-corrected chi connectivity index (χ1v) is 8.53. The van der Waals surface area contributed by atoms with Crippen LogP contribution in [0.15, 0.2) is 21.6 Å². The zero-order valence-corrected chi connectivity index (χ0v) is 13.8. The van der Waals surface area contributed by atoms with Crippen LogP contribution in [0.5, 0.6) is 0 Å². The quantitative estimate of drug-likeness (QED) is 0.793. The van der Waals surface area contributed by atoms with Crippen LogP contribution in [0, 0.1) is 5.92 Å². The lowest BCUT2D eigenvalue weighted by Gasteiger charge is -2.13. The van der Waals surface area contributed by atoms with Gasteiger partial charge in [-0.2, -0.15) is 0 Å². The van der Waals surface area contributed by atoms with Gasteiger partial charge in [0.1, 0.15) is 10.7 Å². The predicted octanol–water partition coefficient (Wildman–Crippen LogP) is 2.60. The molecule has 1 heterocycles. The minimum absolute atomic E-state index is 0.177. The highest BCUT2D eigenvalue weighted by atomic mass is 79.9. The average molecular weight is 350 g/mol. The fourth-order valence-electron chi connectivity index (χ4n) is 1.36. The van der Waals surface area contributed by atoms with E-state index < -0.39 is 10.0 Å². The van der Waals surface area contributed by atoms with Crippen molar-refractivity contribution in [2.75, 3.05) is 18.4 Å². The van der Waals surface area contributed by atoms with Crippen molar-refractivity contribution in [3.05, 3.63) is 16.7 Å². The number of pyridine rings is 1. The molecule has 0 radical (unpaired) electrons. The topological polar surface area (TPSA) is 71.1 Å². The summed E-state index contributed by atoms with van der Waals surface area (Å²) >= 11 is 3.25. The van der Waals surface area contributed by atoms with E-state index in [0.717, 1.165) is 6.42 Å². The second kappa shape index (κ2) is 7.21. The molecule has 0 spiro atoms. The molecule has 108 valence electrons. The molecule has 0 atom stereocenters. The second-order valence-corrected chi connectivity index (χ2v) is 7.32. The van der Waals surface area contributed by atoms with Gasteiger partial charge in [0.25, 0.3) is 0 Å². The molecule has 19 heavy (non-hydrogen) atoms. The van der Waals surface area contributed by atoms with Crippen LogP contribution in [0.25, 0.3) is 0 Å². The van der Waals surface area contributed by atoms with Gasteiger partial charge < -0.3 is 5.32 Å². The number of anilines is 1. The van der Waals surface area contributed by atoms with E-state index in [1.54, 1.807) is 12.3 Å². The van der Waals surface area contributed by atoms with Gasteiger partial charge >= 0.3 is 0 Å². The molecule has 0 aliphatic rings. The van der Waals surface area contributed by atoms with Gasteiger partial charge in [0.2, 0.25) is 10.0 Å². The number of nitrogens with zero attached hydrogens (tertiary/aromatic N) is 1. The third-order valence-electron chi connectivity index (χ3n) is 2.33. The molecule has 0 fully saturated rings. The summed E-state index contributed by atoms with van der Waals surface area (Å²) < 4.78 is 27.8. The Balaban J connectivity index is 3.05. The van der Waals surface area contributed by atoms with E-state index in [1.165, 1.54) is 0 Å². The van der Waals surface area contributed by atoms with Crippen molar-refractivity contribution in [3.8, 4) is 0 Å². The van der Waals surface area contributed by atoms with E-state index in [4.69, 9.17) is 0 Å². The van der Waals surface area contributed by atoms with Gasteiger partial charge in [-0.1, -0.05) is 20.8 Å². The molecule has 0 bridgehead atoms. The van der Waals surface area contributed by atoms with Crippen LogP contribution in [-0.2, 0) is 10.0 Å². The molecule has 7 heteroatoms. The zero-order valence-electron chi connectivity index (χ0n) is 11.4. The fraction of sp³-hybridized carbons (Fsp3) is 0.583. The Bertz CT molecular complexity index is 518. The van der Waals surface area contributed by atoms with Gasteiger partial charge in [0.15, 0.2) is 0 Å². The van der Waals surface area contributed by atoms with Crippen molar-refractivity contribution in [2.24, 2.45) is 5.92 Å². The van der Waals surface area contributed by atoms with Gasteiger partial charge in [0.05, 0.1) is 0 Å². The summed E-state index contributed by atoms with van der Waals surface area (Å²) in [4.78, 5) is 4.31. The molecule has 1 aromatic heterocycles. The third kappa shape index (κ3) is 5.08. The summed E-state index contributed by atoms with van der Waals surface area (Å²) in [5.41, 5.74) is 0. The molecule has 5 nitrogen and oxygen atoms in total. The smallest absolute Gasteiger partial charge is 0.244 e. The lowest BCUT2D eigenvalue weighted by Crippen LogP contribution is -2.28. The predicted molar refractivity (Wildman–Crippen MR) is 80.7 cm³/mol. The van der Waals surface area contributed by atoms with E-state index in [-0.39, 0.29) is 10.8 Å².